The minimum absolute atomic E-state index is 0.0604. The van der Waals surface area contributed by atoms with Crippen molar-refractivity contribution in [3.63, 3.8) is 0 Å². The summed E-state index contributed by atoms with van der Waals surface area (Å²) in [7, 11) is 5.82. The Hall–Kier alpha value is -1.59. The number of carbonyl (C=O) groups excluding carboxylic acids is 1. The Balaban J connectivity index is 1.49. The number of hydrogen-bond donors (Lipinski definition) is 1. The summed E-state index contributed by atoms with van der Waals surface area (Å²) in [5.74, 6) is 0.751. The Kier molecular flexibility index (Phi) is 7.13. The molecule has 27 heavy (non-hydrogen) atoms. The minimum Gasteiger partial charge on any atom is -0.381 e. The maximum atomic E-state index is 12.7. The van der Waals surface area contributed by atoms with E-state index in [1.54, 1.807) is 0 Å². The number of likely N-dealkylation sites (tertiary alicyclic amines) is 1. The van der Waals surface area contributed by atoms with E-state index in [9.17, 15) is 4.79 Å². The van der Waals surface area contributed by atoms with Crippen LogP contribution in [0.25, 0.3) is 0 Å². The van der Waals surface area contributed by atoms with Crippen LogP contribution in [-0.2, 0) is 4.74 Å². The molecule has 3 rings (SSSR count). The van der Waals surface area contributed by atoms with Gasteiger partial charge in [0.2, 0.25) is 0 Å². The van der Waals surface area contributed by atoms with Crippen molar-refractivity contribution in [3.8, 4) is 0 Å². The van der Waals surface area contributed by atoms with E-state index in [-0.39, 0.29) is 5.91 Å². The molecule has 2 aliphatic rings. The molecule has 150 valence electrons. The lowest BCUT2D eigenvalue weighted by Crippen LogP contribution is -2.43. The molecule has 1 saturated heterocycles. The van der Waals surface area contributed by atoms with Gasteiger partial charge in [-0.05, 0) is 56.2 Å². The van der Waals surface area contributed by atoms with Gasteiger partial charge in [0.15, 0.2) is 0 Å². The second-order valence-corrected chi connectivity index (χ2v) is 8.38. The van der Waals surface area contributed by atoms with Crippen LogP contribution in [-0.4, -0.2) is 63.8 Å². The molecule has 1 heterocycles. The zero-order valence-corrected chi connectivity index (χ0v) is 17.1. The molecule has 0 spiro atoms. The monoisotopic (exact) mass is 373 g/mol. The minimum atomic E-state index is 0.0604. The molecule has 1 saturated carbocycles. The highest BCUT2D eigenvalue weighted by atomic mass is 16.5. The summed E-state index contributed by atoms with van der Waals surface area (Å²) in [5, 5.41) is 3.29. The first-order chi connectivity index (χ1) is 13.0. The van der Waals surface area contributed by atoms with E-state index < -0.39 is 0 Å². The first-order valence-corrected chi connectivity index (χ1v) is 10.4. The smallest absolute Gasteiger partial charge is 0.251 e. The van der Waals surface area contributed by atoms with Crippen molar-refractivity contribution >= 4 is 11.6 Å². The maximum absolute atomic E-state index is 12.7. The van der Waals surface area contributed by atoms with E-state index in [0.29, 0.717) is 18.1 Å². The molecular formula is C22H35N3O2. The van der Waals surface area contributed by atoms with Gasteiger partial charge in [0, 0.05) is 58.1 Å². The Morgan fingerprint density at radius 1 is 1.22 bits per heavy atom. The standard InChI is InChI=1S/C22H35N3O2/c1-24(2)20-9-5-7-18(15-20)22(26)23-19-8-4-6-17(14-19)16-25-12-10-21(27-3)11-13-25/h5,7,9,15,17,19,21H,4,6,8,10-14,16H2,1-3H3,(H,23,26)/t17-,19+/m1/s1. The topological polar surface area (TPSA) is 44.8 Å². The molecule has 1 aromatic carbocycles. The van der Waals surface area contributed by atoms with Crippen LogP contribution in [0.4, 0.5) is 5.69 Å². The van der Waals surface area contributed by atoms with Crippen LogP contribution in [0, 0.1) is 5.92 Å². The summed E-state index contributed by atoms with van der Waals surface area (Å²) in [6, 6.07) is 8.16. The number of amides is 1. The molecule has 1 aliphatic heterocycles. The molecule has 0 unspecified atom stereocenters. The van der Waals surface area contributed by atoms with Gasteiger partial charge in [0.25, 0.3) is 5.91 Å². The van der Waals surface area contributed by atoms with Crippen molar-refractivity contribution in [1.29, 1.82) is 0 Å². The molecule has 2 fully saturated rings. The molecule has 5 nitrogen and oxygen atoms in total. The molecule has 0 bridgehead atoms. The van der Waals surface area contributed by atoms with Crippen LogP contribution in [0.15, 0.2) is 24.3 Å². The average Bonchev–Trinajstić information content (AvgIpc) is 2.69. The summed E-state index contributed by atoms with van der Waals surface area (Å²) < 4.78 is 5.48. The first-order valence-electron chi connectivity index (χ1n) is 10.4. The summed E-state index contributed by atoms with van der Waals surface area (Å²) in [6.07, 6.45) is 7.42. The Labute approximate surface area is 164 Å². The normalized spacial score (nSPS) is 24.6. The van der Waals surface area contributed by atoms with Gasteiger partial charge in [-0.3, -0.25) is 4.79 Å². The molecule has 0 radical (unpaired) electrons. The molecule has 1 N–H and O–H groups in total. The van der Waals surface area contributed by atoms with Gasteiger partial charge in [-0.25, -0.2) is 0 Å². The number of methoxy groups -OCH3 is 1. The number of hydrogen-bond acceptors (Lipinski definition) is 4. The third-order valence-corrected chi connectivity index (χ3v) is 6.13. The van der Waals surface area contributed by atoms with Gasteiger partial charge < -0.3 is 19.9 Å². The molecule has 0 aromatic heterocycles. The molecule has 1 aliphatic carbocycles. The maximum Gasteiger partial charge on any atom is 0.251 e. The van der Waals surface area contributed by atoms with Crippen LogP contribution < -0.4 is 10.2 Å². The van der Waals surface area contributed by atoms with E-state index in [0.717, 1.165) is 50.0 Å². The predicted octanol–water partition coefficient (Wildman–Crippen LogP) is 3.15. The number of nitrogens with one attached hydrogen (secondary N) is 1. The average molecular weight is 374 g/mol. The fraction of sp³-hybridized carbons (Fsp3) is 0.682. The van der Waals surface area contributed by atoms with Crippen molar-refractivity contribution in [2.24, 2.45) is 5.92 Å². The lowest BCUT2D eigenvalue weighted by atomic mass is 9.85. The fourth-order valence-corrected chi connectivity index (χ4v) is 4.47. The van der Waals surface area contributed by atoms with Gasteiger partial charge in [0.05, 0.1) is 6.10 Å². The zero-order valence-electron chi connectivity index (χ0n) is 17.1. The summed E-state index contributed by atoms with van der Waals surface area (Å²) >= 11 is 0. The molecular weight excluding hydrogens is 338 g/mol. The van der Waals surface area contributed by atoms with Crippen molar-refractivity contribution < 1.29 is 9.53 Å². The fourth-order valence-electron chi connectivity index (χ4n) is 4.47. The zero-order chi connectivity index (χ0) is 19.2. The van der Waals surface area contributed by atoms with E-state index in [2.05, 4.69) is 10.2 Å². The second kappa shape index (κ2) is 9.56. The highest BCUT2D eigenvalue weighted by molar-refractivity contribution is 5.95. The molecule has 5 heteroatoms. The SMILES string of the molecule is COC1CCN(C[C@@H]2CCC[C@H](NC(=O)c3cccc(N(C)C)c3)C2)CC1. The molecule has 1 aromatic rings. The van der Waals surface area contributed by atoms with Crippen LogP contribution in [0.1, 0.15) is 48.9 Å². The Bertz CT molecular complexity index is 611. The van der Waals surface area contributed by atoms with Crippen molar-refractivity contribution in [1.82, 2.24) is 10.2 Å². The Morgan fingerprint density at radius 2 is 2.00 bits per heavy atom. The largest absolute Gasteiger partial charge is 0.381 e. The van der Waals surface area contributed by atoms with Gasteiger partial charge in [-0.1, -0.05) is 12.5 Å². The highest BCUT2D eigenvalue weighted by Crippen LogP contribution is 2.27. The summed E-state index contributed by atoms with van der Waals surface area (Å²) in [5.41, 5.74) is 1.81. The van der Waals surface area contributed by atoms with Crippen molar-refractivity contribution in [2.45, 2.75) is 50.7 Å². The van der Waals surface area contributed by atoms with Gasteiger partial charge >= 0.3 is 0 Å². The Morgan fingerprint density at radius 3 is 2.70 bits per heavy atom. The second-order valence-electron chi connectivity index (χ2n) is 8.38. The van der Waals surface area contributed by atoms with Gasteiger partial charge in [0.1, 0.15) is 0 Å². The van der Waals surface area contributed by atoms with Crippen LogP contribution in [0.2, 0.25) is 0 Å². The van der Waals surface area contributed by atoms with Gasteiger partial charge in [-0.15, -0.1) is 0 Å². The number of piperidine rings is 1. The van der Waals surface area contributed by atoms with E-state index in [1.807, 2.05) is 50.4 Å². The molecule has 1 amide bonds. The third-order valence-electron chi connectivity index (χ3n) is 6.13. The van der Waals surface area contributed by atoms with Crippen molar-refractivity contribution in [3.05, 3.63) is 29.8 Å². The van der Waals surface area contributed by atoms with Crippen LogP contribution >= 0.6 is 0 Å². The lowest BCUT2D eigenvalue weighted by molar-refractivity contribution is 0.0337. The van der Waals surface area contributed by atoms with Crippen molar-refractivity contribution in [2.75, 3.05) is 45.7 Å². The number of carbonyl (C=O) groups is 1. The predicted molar refractivity (Wildman–Crippen MR) is 110 cm³/mol. The number of ether oxygens (including phenoxy) is 1. The highest BCUT2D eigenvalue weighted by Gasteiger charge is 2.27. The van der Waals surface area contributed by atoms with E-state index in [1.165, 1.54) is 19.4 Å². The number of anilines is 1. The summed E-state index contributed by atoms with van der Waals surface area (Å²) in [4.78, 5) is 17.3. The van der Waals surface area contributed by atoms with Crippen LogP contribution in [0.5, 0.6) is 0 Å². The van der Waals surface area contributed by atoms with Crippen LogP contribution in [0.3, 0.4) is 0 Å². The number of benzene rings is 1. The lowest BCUT2D eigenvalue weighted by Gasteiger charge is -2.36. The van der Waals surface area contributed by atoms with Gasteiger partial charge in [-0.2, -0.15) is 0 Å². The first kappa shape index (κ1) is 20.2. The van der Waals surface area contributed by atoms with E-state index >= 15 is 0 Å². The third kappa shape index (κ3) is 5.69. The quantitative estimate of drug-likeness (QED) is 0.832. The number of rotatable bonds is 6. The number of nitrogens with zero attached hydrogens (tertiary/aromatic N) is 2. The summed E-state index contributed by atoms with van der Waals surface area (Å²) in [6.45, 7) is 3.45. The van der Waals surface area contributed by atoms with E-state index in [4.69, 9.17) is 4.74 Å². The molecule has 2 atom stereocenters.